The molecular formula is C29H29N3O2. The van der Waals surface area contributed by atoms with Gasteiger partial charge >= 0.3 is 0 Å². The first-order valence-corrected chi connectivity index (χ1v) is 11.6. The topological polar surface area (TPSA) is 71.1 Å². The van der Waals surface area contributed by atoms with Crippen molar-refractivity contribution in [3.8, 4) is 0 Å². The Morgan fingerprint density at radius 1 is 0.882 bits per heavy atom. The summed E-state index contributed by atoms with van der Waals surface area (Å²) >= 11 is 0. The van der Waals surface area contributed by atoms with Gasteiger partial charge in [0.15, 0.2) is 0 Å². The first-order valence-electron chi connectivity index (χ1n) is 11.6. The van der Waals surface area contributed by atoms with Gasteiger partial charge < -0.3 is 10.6 Å². The SMILES string of the molecule is CCC(C(=O)N[C@H](C)Cc1ccc(NC(=O)c2ccnc3ccccc23)cc1)c1ccccc1. The number of nitrogens with one attached hydrogen (secondary N) is 2. The lowest BCUT2D eigenvalue weighted by atomic mass is 9.95. The maximum Gasteiger partial charge on any atom is 0.256 e. The van der Waals surface area contributed by atoms with E-state index in [0.717, 1.165) is 34.1 Å². The van der Waals surface area contributed by atoms with Crippen molar-refractivity contribution >= 4 is 28.4 Å². The molecule has 5 nitrogen and oxygen atoms in total. The molecule has 4 aromatic rings. The number of rotatable bonds is 8. The number of hydrogen-bond donors (Lipinski definition) is 2. The Kier molecular flexibility index (Phi) is 7.33. The van der Waals surface area contributed by atoms with E-state index in [2.05, 4.69) is 15.6 Å². The molecule has 1 heterocycles. The Hall–Kier alpha value is -3.99. The number of para-hydroxylation sites is 1. The Morgan fingerprint density at radius 3 is 2.32 bits per heavy atom. The van der Waals surface area contributed by atoms with Gasteiger partial charge in [0, 0.05) is 23.3 Å². The lowest BCUT2D eigenvalue weighted by Crippen LogP contribution is -2.37. The number of carbonyl (C=O) groups is 2. The number of fused-ring (bicyclic) bond motifs is 1. The molecule has 2 amide bonds. The minimum absolute atomic E-state index is 0.00566. The fourth-order valence-electron chi connectivity index (χ4n) is 4.22. The normalized spacial score (nSPS) is 12.6. The molecule has 1 aromatic heterocycles. The van der Waals surface area contributed by atoms with Crippen LogP contribution < -0.4 is 10.6 Å². The van der Waals surface area contributed by atoms with E-state index < -0.39 is 0 Å². The first kappa shape index (κ1) is 23.2. The first-order chi connectivity index (χ1) is 16.5. The van der Waals surface area contributed by atoms with Gasteiger partial charge in [0.05, 0.1) is 17.0 Å². The summed E-state index contributed by atoms with van der Waals surface area (Å²) in [5, 5.41) is 6.94. The molecule has 1 unspecified atom stereocenters. The van der Waals surface area contributed by atoms with E-state index in [0.29, 0.717) is 12.0 Å². The minimum Gasteiger partial charge on any atom is -0.353 e. The summed E-state index contributed by atoms with van der Waals surface area (Å²) in [6, 6.07) is 27.0. The molecule has 2 atom stereocenters. The van der Waals surface area contributed by atoms with E-state index >= 15 is 0 Å². The molecule has 0 aliphatic rings. The third-order valence-corrected chi connectivity index (χ3v) is 5.96. The maximum atomic E-state index is 12.8. The molecule has 5 heteroatoms. The molecular weight excluding hydrogens is 422 g/mol. The van der Waals surface area contributed by atoms with Crippen LogP contribution >= 0.6 is 0 Å². The van der Waals surface area contributed by atoms with Crippen molar-refractivity contribution in [3.05, 3.63) is 108 Å². The highest BCUT2D eigenvalue weighted by Crippen LogP contribution is 2.21. The monoisotopic (exact) mass is 451 g/mol. The van der Waals surface area contributed by atoms with Gasteiger partial charge in [-0.15, -0.1) is 0 Å². The van der Waals surface area contributed by atoms with E-state index in [9.17, 15) is 9.59 Å². The Labute approximate surface area is 200 Å². The Morgan fingerprint density at radius 2 is 1.59 bits per heavy atom. The predicted molar refractivity (Wildman–Crippen MR) is 137 cm³/mol. The van der Waals surface area contributed by atoms with Crippen molar-refractivity contribution in [2.24, 2.45) is 0 Å². The highest BCUT2D eigenvalue weighted by molar-refractivity contribution is 6.12. The van der Waals surface area contributed by atoms with Crippen LogP contribution in [0.5, 0.6) is 0 Å². The summed E-state index contributed by atoms with van der Waals surface area (Å²) < 4.78 is 0. The lowest BCUT2D eigenvalue weighted by Gasteiger charge is -2.20. The Bertz CT molecular complexity index is 1260. The molecule has 172 valence electrons. The van der Waals surface area contributed by atoms with Crippen LogP contribution in [0.3, 0.4) is 0 Å². The third-order valence-electron chi connectivity index (χ3n) is 5.96. The van der Waals surface area contributed by atoms with E-state index in [1.54, 1.807) is 12.3 Å². The molecule has 0 fully saturated rings. The zero-order chi connectivity index (χ0) is 23.9. The summed E-state index contributed by atoms with van der Waals surface area (Å²) in [5.74, 6) is -0.265. The molecule has 0 aliphatic heterocycles. The van der Waals surface area contributed by atoms with Crippen molar-refractivity contribution in [2.45, 2.75) is 38.6 Å². The van der Waals surface area contributed by atoms with Crippen LogP contribution in [-0.4, -0.2) is 22.8 Å². The highest BCUT2D eigenvalue weighted by atomic mass is 16.2. The standard InChI is InChI=1S/C29H29N3O2/c1-3-24(22-9-5-4-6-10-22)28(33)31-20(2)19-21-13-15-23(16-14-21)32-29(34)26-17-18-30-27-12-8-7-11-25(26)27/h4-18,20,24H,3,19H2,1-2H3,(H,31,33)(H,32,34)/t20-,24?/m1/s1. The van der Waals surface area contributed by atoms with Crippen molar-refractivity contribution < 1.29 is 9.59 Å². The van der Waals surface area contributed by atoms with Crippen LogP contribution in [-0.2, 0) is 11.2 Å². The zero-order valence-electron chi connectivity index (χ0n) is 19.5. The summed E-state index contributed by atoms with van der Waals surface area (Å²) in [5.41, 5.74) is 4.24. The van der Waals surface area contributed by atoms with Gasteiger partial charge in [-0.05, 0) is 55.2 Å². The van der Waals surface area contributed by atoms with Crippen LogP contribution in [0.1, 0.15) is 47.7 Å². The Balaban J connectivity index is 1.36. The fourth-order valence-corrected chi connectivity index (χ4v) is 4.22. The van der Waals surface area contributed by atoms with Crippen LogP contribution in [0.15, 0.2) is 91.1 Å². The number of nitrogens with zero attached hydrogens (tertiary/aromatic N) is 1. The molecule has 3 aromatic carbocycles. The number of aromatic nitrogens is 1. The molecule has 34 heavy (non-hydrogen) atoms. The van der Waals surface area contributed by atoms with Crippen molar-refractivity contribution in [2.75, 3.05) is 5.32 Å². The molecule has 0 saturated carbocycles. The molecule has 2 N–H and O–H groups in total. The second-order valence-electron chi connectivity index (χ2n) is 8.51. The van der Waals surface area contributed by atoms with E-state index in [1.807, 2.05) is 92.7 Å². The lowest BCUT2D eigenvalue weighted by molar-refractivity contribution is -0.123. The molecule has 4 rings (SSSR count). The van der Waals surface area contributed by atoms with Crippen molar-refractivity contribution in [1.29, 1.82) is 0 Å². The third kappa shape index (κ3) is 5.49. The van der Waals surface area contributed by atoms with Crippen LogP contribution in [0.4, 0.5) is 5.69 Å². The maximum absolute atomic E-state index is 12.8. The number of pyridine rings is 1. The number of amides is 2. The van der Waals surface area contributed by atoms with Crippen LogP contribution in [0.2, 0.25) is 0 Å². The second kappa shape index (κ2) is 10.8. The fraction of sp³-hybridized carbons (Fsp3) is 0.207. The van der Waals surface area contributed by atoms with Crippen molar-refractivity contribution in [1.82, 2.24) is 10.3 Å². The number of benzene rings is 3. The van der Waals surface area contributed by atoms with Gasteiger partial charge in [-0.25, -0.2) is 0 Å². The van der Waals surface area contributed by atoms with Crippen molar-refractivity contribution in [3.63, 3.8) is 0 Å². The molecule has 0 spiro atoms. The van der Waals surface area contributed by atoms with Gasteiger partial charge in [0.25, 0.3) is 5.91 Å². The van der Waals surface area contributed by atoms with E-state index in [1.165, 1.54) is 0 Å². The number of hydrogen-bond acceptors (Lipinski definition) is 3. The number of carbonyl (C=O) groups excluding carboxylic acids is 2. The summed E-state index contributed by atoms with van der Waals surface area (Å²) in [6.07, 6.45) is 3.11. The smallest absolute Gasteiger partial charge is 0.256 e. The second-order valence-corrected chi connectivity index (χ2v) is 8.51. The average Bonchev–Trinajstić information content (AvgIpc) is 2.86. The summed E-state index contributed by atoms with van der Waals surface area (Å²) in [6.45, 7) is 4.05. The summed E-state index contributed by atoms with van der Waals surface area (Å²) in [4.78, 5) is 30.0. The molecule has 0 bridgehead atoms. The van der Waals surface area contributed by atoms with E-state index in [-0.39, 0.29) is 23.8 Å². The highest BCUT2D eigenvalue weighted by Gasteiger charge is 2.20. The molecule has 0 aliphatic carbocycles. The molecule has 0 saturated heterocycles. The van der Waals surface area contributed by atoms with Gasteiger partial charge in [0.1, 0.15) is 0 Å². The largest absolute Gasteiger partial charge is 0.353 e. The number of anilines is 1. The zero-order valence-corrected chi connectivity index (χ0v) is 19.5. The summed E-state index contributed by atoms with van der Waals surface area (Å²) in [7, 11) is 0. The van der Waals surface area contributed by atoms with Crippen LogP contribution in [0, 0.1) is 0 Å². The predicted octanol–water partition coefficient (Wildman–Crippen LogP) is 5.73. The average molecular weight is 452 g/mol. The van der Waals surface area contributed by atoms with E-state index in [4.69, 9.17) is 0 Å². The quantitative estimate of drug-likeness (QED) is 0.359. The molecule has 0 radical (unpaired) electrons. The van der Waals surface area contributed by atoms with Gasteiger partial charge in [0.2, 0.25) is 5.91 Å². The van der Waals surface area contributed by atoms with Gasteiger partial charge in [-0.3, -0.25) is 14.6 Å². The minimum atomic E-state index is -0.168. The van der Waals surface area contributed by atoms with Gasteiger partial charge in [-0.2, -0.15) is 0 Å². The van der Waals surface area contributed by atoms with Gasteiger partial charge in [-0.1, -0.05) is 67.6 Å². The van der Waals surface area contributed by atoms with Crippen LogP contribution in [0.25, 0.3) is 10.9 Å².